The first kappa shape index (κ1) is 22.3. The minimum absolute atomic E-state index is 0.827. The number of hydrogen-bond donors (Lipinski definition) is 0. The van der Waals surface area contributed by atoms with Gasteiger partial charge in [-0.05, 0) is 68.4 Å². The lowest BCUT2D eigenvalue weighted by molar-refractivity contribution is 0.494. The molecule has 7 aromatic carbocycles. The first-order chi connectivity index (χ1) is 18.8. The maximum absolute atomic E-state index is 6.69. The quantitative estimate of drug-likeness (QED) is 0.225. The Morgan fingerprint density at radius 1 is 0.395 bits per heavy atom. The minimum Gasteiger partial charge on any atom is -0.456 e. The smallest absolute Gasteiger partial charge is 0.143 e. The molecule has 0 bridgehead atoms. The Labute approximate surface area is 222 Å². The number of hydrogen-bond acceptors (Lipinski definition) is 1. The van der Waals surface area contributed by atoms with Gasteiger partial charge in [-0.25, -0.2) is 0 Å². The van der Waals surface area contributed by atoms with Crippen molar-refractivity contribution in [3.05, 3.63) is 145 Å². The molecule has 0 heterocycles. The number of benzene rings is 7. The van der Waals surface area contributed by atoms with Gasteiger partial charge < -0.3 is 4.74 Å². The molecule has 0 aliphatic heterocycles. The van der Waals surface area contributed by atoms with Crippen LogP contribution in [-0.4, -0.2) is 0 Å². The fraction of sp³-hybridized carbons (Fsp3) is 0.0270. The van der Waals surface area contributed by atoms with Gasteiger partial charge in [-0.3, -0.25) is 0 Å². The van der Waals surface area contributed by atoms with Gasteiger partial charge >= 0.3 is 0 Å². The van der Waals surface area contributed by atoms with E-state index in [-0.39, 0.29) is 0 Å². The van der Waals surface area contributed by atoms with Gasteiger partial charge in [-0.15, -0.1) is 0 Å². The average Bonchev–Trinajstić information content (AvgIpc) is 2.99. The molecule has 0 spiro atoms. The molecule has 0 saturated carbocycles. The topological polar surface area (TPSA) is 9.23 Å². The summed E-state index contributed by atoms with van der Waals surface area (Å²) >= 11 is 0. The third kappa shape index (κ3) is 3.72. The van der Waals surface area contributed by atoms with E-state index in [9.17, 15) is 0 Å². The number of rotatable bonds is 4. The second kappa shape index (κ2) is 9.21. The molecule has 1 nitrogen and oxygen atoms in total. The average molecular weight is 487 g/mol. The van der Waals surface area contributed by atoms with Crippen molar-refractivity contribution in [2.75, 3.05) is 0 Å². The summed E-state index contributed by atoms with van der Waals surface area (Å²) in [5, 5.41) is 7.16. The van der Waals surface area contributed by atoms with Crippen molar-refractivity contribution in [3.63, 3.8) is 0 Å². The molecule has 0 aliphatic carbocycles. The maximum Gasteiger partial charge on any atom is 0.143 e. The molecule has 0 fully saturated rings. The van der Waals surface area contributed by atoms with Crippen LogP contribution in [0.25, 0.3) is 54.6 Å². The summed E-state index contributed by atoms with van der Waals surface area (Å²) in [5.74, 6) is 1.72. The number of aryl methyl sites for hydroxylation is 1. The van der Waals surface area contributed by atoms with Gasteiger partial charge in [0.25, 0.3) is 0 Å². The second-order valence-corrected chi connectivity index (χ2v) is 9.76. The molecule has 0 amide bonds. The van der Waals surface area contributed by atoms with E-state index in [0.29, 0.717) is 0 Å². The van der Waals surface area contributed by atoms with E-state index in [0.717, 1.165) is 22.3 Å². The highest BCUT2D eigenvalue weighted by Gasteiger charge is 2.18. The van der Waals surface area contributed by atoms with E-state index in [1.807, 2.05) is 6.07 Å². The zero-order valence-electron chi connectivity index (χ0n) is 21.2. The Bertz CT molecular complexity index is 1880. The number of ether oxygens (including phenoxy) is 1. The molecule has 0 unspecified atom stereocenters. The van der Waals surface area contributed by atoms with E-state index in [1.54, 1.807) is 0 Å². The molecule has 1 heteroatoms. The van der Waals surface area contributed by atoms with E-state index < -0.39 is 0 Å². The van der Waals surface area contributed by atoms with Crippen molar-refractivity contribution in [2.24, 2.45) is 0 Å². The van der Waals surface area contributed by atoms with E-state index in [1.165, 1.54) is 49.4 Å². The van der Waals surface area contributed by atoms with Crippen LogP contribution < -0.4 is 4.74 Å². The largest absolute Gasteiger partial charge is 0.456 e. The maximum atomic E-state index is 6.69. The van der Waals surface area contributed by atoms with Crippen molar-refractivity contribution in [1.82, 2.24) is 0 Å². The third-order valence-electron chi connectivity index (χ3n) is 7.47. The predicted molar refractivity (Wildman–Crippen MR) is 161 cm³/mol. The molecule has 0 N–H and O–H groups in total. The molecule has 0 aromatic heterocycles. The monoisotopic (exact) mass is 486 g/mol. The molecular weight excluding hydrogens is 460 g/mol. The summed E-state index contributed by atoms with van der Waals surface area (Å²) in [6.45, 7) is 2.18. The summed E-state index contributed by atoms with van der Waals surface area (Å²) in [7, 11) is 0. The van der Waals surface area contributed by atoms with E-state index in [2.05, 4.69) is 140 Å². The van der Waals surface area contributed by atoms with Crippen LogP contribution in [0.15, 0.2) is 140 Å². The van der Waals surface area contributed by atoms with Gasteiger partial charge in [0, 0.05) is 10.8 Å². The molecular formula is C37H26O. The first-order valence-electron chi connectivity index (χ1n) is 13.0. The standard InChI is InChI=1S/C37H26O/c1-25-19-24-33(30-14-6-5-13-29(25)30)36-31-15-7-9-17-34(31)37(35-18-10-8-16-32(35)36)38-28-22-20-27(21-23-28)26-11-3-2-4-12-26/h2-24H,1H3. The molecule has 0 aliphatic rings. The molecule has 0 radical (unpaired) electrons. The SMILES string of the molecule is Cc1ccc(-c2c3ccccc3c(Oc3ccc(-c4ccccc4)cc3)c3ccccc23)c2ccccc12. The highest BCUT2D eigenvalue weighted by Crippen LogP contribution is 2.46. The van der Waals surface area contributed by atoms with Crippen LogP contribution in [0, 0.1) is 6.92 Å². The van der Waals surface area contributed by atoms with Crippen LogP contribution in [0.4, 0.5) is 0 Å². The van der Waals surface area contributed by atoms with Crippen molar-refractivity contribution in [1.29, 1.82) is 0 Å². The van der Waals surface area contributed by atoms with Gasteiger partial charge in [0.05, 0.1) is 0 Å². The Kier molecular flexibility index (Phi) is 5.41. The van der Waals surface area contributed by atoms with Crippen molar-refractivity contribution < 1.29 is 4.74 Å². The fourth-order valence-corrected chi connectivity index (χ4v) is 5.62. The van der Waals surface area contributed by atoms with Crippen LogP contribution in [0.2, 0.25) is 0 Å². The molecule has 180 valence electrons. The fourth-order valence-electron chi connectivity index (χ4n) is 5.62. The summed E-state index contributed by atoms with van der Waals surface area (Å²) in [4.78, 5) is 0. The van der Waals surface area contributed by atoms with Crippen molar-refractivity contribution in [2.45, 2.75) is 6.92 Å². The minimum atomic E-state index is 0.827. The number of fused-ring (bicyclic) bond motifs is 3. The predicted octanol–water partition coefficient (Wildman–Crippen LogP) is 10.6. The van der Waals surface area contributed by atoms with Crippen LogP contribution in [0.3, 0.4) is 0 Å². The molecule has 0 saturated heterocycles. The lowest BCUT2D eigenvalue weighted by Gasteiger charge is -2.19. The van der Waals surface area contributed by atoms with Gasteiger partial charge in [-0.1, -0.05) is 127 Å². The second-order valence-electron chi connectivity index (χ2n) is 9.76. The highest BCUT2D eigenvalue weighted by molar-refractivity contribution is 6.20. The molecule has 7 aromatic rings. The van der Waals surface area contributed by atoms with E-state index >= 15 is 0 Å². The van der Waals surface area contributed by atoms with E-state index in [4.69, 9.17) is 4.74 Å². The molecule has 7 rings (SSSR count). The summed E-state index contributed by atoms with van der Waals surface area (Å²) in [5.41, 5.74) is 6.16. The Morgan fingerprint density at radius 2 is 0.895 bits per heavy atom. The summed E-state index contributed by atoms with van der Waals surface area (Å²) < 4.78 is 6.69. The van der Waals surface area contributed by atoms with Gasteiger partial charge in [0.2, 0.25) is 0 Å². The highest BCUT2D eigenvalue weighted by atomic mass is 16.5. The van der Waals surface area contributed by atoms with Crippen LogP contribution >= 0.6 is 0 Å². The van der Waals surface area contributed by atoms with Crippen LogP contribution in [0.1, 0.15) is 5.56 Å². The Balaban J connectivity index is 1.44. The first-order valence-corrected chi connectivity index (χ1v) is 13.0. The van der Waals surface area contributed by atoms with Gasteiger partial charge in [0.1, 0.15) is 11.5 Å². The third-order valence-corrected chi connectivity index (χ3v) is 7.47. The lowest BCUT2D eigenvalue weighted by Crippen LogP contribution is -1.93. The molecule has 0 atom stereocenters. The van der Waals surface area contributed by atoms with Crippen LogP contribution in [0.5, 0.6) is 11.5 Å². The van der Waals surface area contributed by atoms with Crippen molar-refractivity contribution >= 4 is 32.3 Å². The lowest BCUT2D eigenvalue weighted by atomic mass is 9.88. The zero-order valence-corrected chi connectivity index (χ0v) is 21.2. The Morgan fingerprint density at radius 3 is 1.53 bits per heavy atom. The molecule has 38 heavy (non-hydrogen) atoms. The van der Waals surface area contributed by atoms with Crippen molar-refractivity contribution in [3.8, 4) is 33.8 Å². The normalized spacial score (nSPS) is 11.3. The van der Waals surface area contributed by atoms with Crippen LogP contribution in [-0.2, 0) is 0 Å². The van der Waals surface area contributed by atoms with Gasteiger partial charge in [-0.2, -0.15) is 0 Å². The summed E-state index contributed by atoms with van der Waals surface area (Å²) in [6.07, 6.45) is 0. The van der Waals surface area contributed by atoms with Gasteiger partial charge in [0.15, 0.2) is 0 Å². The zero-order chi connectivity index (χ0) is 25.5. The summed E-state index contributed by atoms with van der Waals surface area (Å²) in [6, 6.07) is 49.3. The Hall–Kier alpha value is -4.88.